The van der Waals surface area contributed by atoms with Crippen LogP contribution >= 0.6 is 0 Å². The lowest BCUT2D eigenvalue weighted by atomic mass is 10.1. The van der Waals surface area contributed by atoms with Crippen LogP contribution in [0.2, 0.25) is 0 Å². The smallest absolute Gasteiger partial charge is 0.227 e. The van der Waals surface area contributed by atoms with Crippen LogP contribution in [-0.4, -0.2) is 48.3 Å². The van der Waals surface area contributed by atoms with Gasteiger partial charge in [-0.1, -0.05) is 24.3 Å². The number of hydrogen-bond donors (Lipinski definition) is 0. The minimum atomic E-state index is -3.00. The van der Waals surface area contributed by atoms with Gasteiger partial charge in [0.1, 0.15) is 0 Å². The Hall–Kier alpha value is -1.95. The second-order valence-electron chi connectivity index (χ2n) is 5.91. The zero-order chi connectivity index (χ0) is 16.4. The average Bonchev–Trinajstić information content (AvgIpc) is 2.88. The molecule has 1 saturated heterocycles. The van der Waals surface area contributed by atoms with E-state index in [1.54, 1.807) is 11.1 Å². The first-order valence-electron chi connectivity index (χ1n) is 7.82. The number of pyridine rings is 1. The van der Waals surface area contributed by atoms with Crippen LogP contribution in [0.5, 0.6) is 0 Å². The topological polar surface area (TPSA) is 67.3 Å². The Morgan fingerprint density at radius 1 is 1.30 bits per heavy atom. The van der Waals surface area contributed by atoms with Gasteiger partial charge < -0.3 is 4.90 Å². The van der Waals surface area contributed by atoms with Crippen molar-refractivity contribution < 1.29 is 13.2 Å². The van der Waals surface area contributed by atoms with Crippen LogP contribution in [0.1, 0.15) is 18.9 Å². The zero-order valence-corrected chi connectivity index (χ0v) is 13.9. The molecule has 122 valence electrons. The molecule has 0 saturated carbocycles. The van der Waals surface area contributed by atoms with Crippen molar-refractivity contribution in [3.63, 3.8) is 0 Å². The first-order chi connectivity index (χ1) is 11.0. The molecule has 0 spiro atoms. The molecule has 0 bridgehead atoms. The lowest BCUT2D eigenvalue weighted by Crippen LogP contribution is -2.41. The standard InChI is InChI=1S/C17H20N2O3S/c1-2-19(15-8-10-23(21,22)12-15)16(20)11-14-6-3-5-13-7-4-9-18-17(13)14/h3-7,9,15H,2,8,10-12H2,1H3. The van der Waals surface area contributed by atoms with Crippen molar-refractivity contribution in [1.29, 1.82) is 0 Å². The number of aromatic nitrogens is 1. The summed E-state index contributed by atoms with van der Waals surface area (Å²) in [5.74, 6) is 0.227. The maximum atomic E-state index is 12.7. The minimum Gasteiger partial charge on any atom is -0.339 e. The van der Waals surface area contributed by atoms with E-state index in [0.717, 1.165) is 16.5 Å². The number of amides is 1. The summed E-state index contributed by atoms with van der Waals surface area (Å²) in [6.07, 6.45) is 2.51. The van der Waals surface area contributed by atoms with Crippen molar-refractivity contribution >= 4 is 26.6 Å². The summed E-state index contributed by atoms with van der Waals surface area (Å²) in [6.45, 7) is 2.42. The van der Waals surface area contributed by atoms with Gasteiger partial charge in [0.2, 0.25) is 5.91 Å². The van der Waals surface area contributed by atoms with Crippen LogP contribution < -0.4 is 0 Å². The maximum absolute atomic E-state index is 12.7. The van der Waals surface area contributed by atoms with Crippen molar-refractivity contribution in [2.45, 2.75) is 25.8 Å². The second kappa shape index (κ2) is 6.28. The number of nitrogens with zero attached hydrogens (tertiary/aromatic N) is 2. The summed E-state index contributed by atoms with van der Waals surface area (Å²) in [7, 11) is -3.00. The monoisotopic (exact) mass is 332 g/mol. The molecule has 1 aliphatic rings. The van der Waals surface area contributed by atoms with Gasteiger partial charge >= 0.3 is 0 Å². The number of carbonyl (C=O) groups excluding carboxylic acids is 1. The maximum Gasteiger partial charge on any atom is 0.227 e. The van der Waals surface area contributed by atoms with Gasteiger partial charge in [-0.2, -0.15) is 0 Å². The van der Waals surface area contributed by atoms with Crippen LogP contribution in [0.4, 0.5) is 0 Å². The molecule has 6 heteroatoms. The molecule has 1 aliphatic heterocycles. The Labute approximate surface area is 136 Å². The summed E-state index contributed by atoms with van der Waals surface area (Å²) in [4.78, 5) is 18.8. The summed E-state index contributed by atoms with van der Waals surface area (Å²) in [5, 5.41) is 1.00. The lowest BCUT2D eigenvalue weighted by molar-refractivity contribution is -0.132. The molecule has 0 radical (unpaired) electrons. The minimum absolute atomic E-state index is 0.0345. The van der Waals surface area contributed by atoms with Gasteiger partial charge in [0.15, 0.2) is 9.84 Å². The summed E-state index contributed by atoms with van der Waals surface area (Å²) in [6, 6.07) is 9.44. The van der Waals surface area contributed by atoms with E-state index in [-0.39, 0.29) is 29.9 Å². The highest BCUT2D eigenvalue weighted by Gasteiger charge is 2.33. The molecule has 2 heterocycles. The third kappa shape index (κ3) is 3.37. The van der Waals surface area contributed by atoms with Gasteiger partial charge in [0, 0.05) is 24.2 Å². The van der Waals surface area contributed by atoms with Gasteiger partial charge in [0.05, 0.1) is 23.4 Å². The normalized spacial score (nSPS) is 19.8. The lowest BCUT2D eigenvalue weighted by Gasteiger charge is -2.27. The first-order valence-corrected chi connectivity index (χ1v) is 9.65. The number of hydrogen-bond acceptors (Lipinski definition) is 4. The first kappa shape index (κ1) is 15.9. The van der Waals surface area contributed by atoms with E-state index in [2.05, 4.69) is 4.98 Å². The van der Waals surface area contributed by atoms with Crippen LogP contribution in [0.25, 0.3) is 10.9 Å². The SMILES string of the molecule is CCN(C(=O)Cc1cccc2cccnc12)C1CCS(=O)(=O)C1. The van der Waals surface area contributed by atoms with E-state index in [4.69, 9.17) is 0 Å². The van der Waals surface area contributed by atoms with Gasteiger partial charge in [0.25, 0.3) is 0 Å². The number of rotatable bonds is 4. The molecule has 1 fully saturated rings. The van der Waals surface area contributed by atoms with Crippen molar-refractivity contribution in [3.05, 3.63) is 42.1 Å². The Balaban J connectivity index is 1.82. The van der Waals surface area contributed by atoms with E-state index >= 15 is 0 Å². The van der Waals surface area contributed by atoms with Gasteiger partial charge in [-0.3, -0.25) is 9.78 Å². The molecule has 23 heavy (non-hydrogen) atoms. The largest absolute Gasteiger partial charge is 0.339 e. The van der Waals surface area contributed by atoms with Crippen LogP contribution in [-0.2, 0) is 21.1 Å². The Morgan fingerprint density at radius 2 is 2.09 bits per heavy atom. The number of fused-ring (bicyclic) bond motifs is 1. The highest BCUT2D eigenvalue weighted by molar-refractivity contribution is 7.91. The fraction of sp³-hybridized carbons (Fsp3) is 0.412. The molecule has 2 aromatic rings. The van der Waals surface area contributed by atoms with Crippen molar-refractivity contribution in [1.82, 2.24) is 9.88 Å². The quantitative estimate of drug-likeness (QED) is 0.856. The van der Waals surface area contributed by atoms with Crippen molar-refractivity contribution in [2.24, 2.45) is 0 Å². The van der Waals surface area contributed by atoms with Gasteiger partial charge in [-0.15, -0.1) is 0 Å². The van der Waals surface area contributed by atoms with E-state index in [9.17, 15) is 13.2 Å². The molecule has 0 aliphatic carbocycles. The molecule has 1 aromatic heterocycles. The number of para-hydroxylation sites is 1. The highest BCUT2D eigenvalue weighted by Crippen LogP contribution is 2.21. The van der Waals surface area contributed by atoms with Crippen LogP contribution in [0.3, 0.4) is 0 Å². The number of sulfone groups is 1. The molecule has 1 unspecified atom stereocenters. The molecule has 0 N–H and O–H groups in total. The molecule has 3 rings (SSSR count). The zero-order valence-electron chi connectivity index (χ0n) is 13.1. The average molecular weight is 332 g/mol. The van der Waals surface area contributed by atoms with Gasteiger partial charge in [-0.05, 0) is 25.0 Å². The third-order valence-electron chi connectivity index (χ3n) is 4.37. The Bertz CT molecular complexity index is 827. The van der Waals surface area contributed by atoms with Crippen molar-refractivity contribution in [3.8, 4) is 0 Å². The molecule has 5 nitrogen and oxygen atoms in total. The molecular formula is C17H20N2O3S. The number of carbonyl (C=O) groups is 1. The molecular weight excluding hydrogens is 312 g/mol. The fourth-order valence-electron chi connectivity index (χ4n) is 3.23. The summed E-state index contributed by atoms with van der Waals surface area (Å²) < 4.78 is 23.3. The predicted molar refractivity (Wildman–Crippen MR) is 89.9 cm³/mol. The Morgan fingerprint density at radius 3 is 2.78 bits per heavy atom. The summed E-state index contributed by atoms with van der Waals surface area (Å²) in [5.41, 5.74) is 1.71. The van der Waals surface area contributed by atoms with Crippen LogP contribution in [0.15, 0.2) is 36.5 Å². The van der Waals surface area contributed by atoms with Crippen LogP contribution in [0, 0.1) is 0 Å². The van der Waals surface area contributed by atoms with E-state index in [1.807, 2.05) is 37.3 Å². The number of benzene rings is 1. The Kier molecular flexibility index (Phi) is 4.35. The second-order valence-corrected chi connectivity index (χ2v) is 8.13. The van der Waals surface area contributed by atoms with E-state index in [0.29, 0.717) is 13.0 Å². The van der Waals surface area contributed by atoms with Crippen molar-refractivity contribution in [2.75, 3.05) is 18.1 Å². The van der Waals surface area contributed by atoms with Gasteiger partial charge in [-0.25, -0.2) is 8.42 Å². The molecule has 1 amide bonds. The number of likely N-dealkylation sites (N-methyl/N-ethyl adjacent to an activating group) is 1. The molecule has 1 atom stereocenters. The molecule has 1 aromatic carbocycles. The highest BCUT2D eigenvalue weighted by atomic mass is 32.2. The van der Waals surface area contributed by atoms with E-state index in [1.165, 1.54) is 0 Å². The van der Waals surface area contributed by atoms with E-state index < -0.39 is 9.84 Å². The third-order valence-corrected chi connectivity index (χ3v) is 6.12. The summed E-state index contributed by atoms with van der Waals surface area (Å²) >= 11 is 0. The predicted octanol–water partition coefficient (Wildman–Crippen LogP) is 1.81. The fourth-order valence-corrected chi connectivity index (χ4v) is 4.96.